The summed E-state index contributed by atoms with van der Waals surface area (Å²) < 4.78 is 16.7. The van der Waals surface area contributed by atoms with Gasteiger partial charge in [0.15, 0.2) is 0 Å². The lowest BCUT2D eigenvalue weighted by Gasteiger charge is -2.36. The van der Waals surface area contributed by atoms with E-state index in [1.54, 1.807) is 7.11 Å². The zero-order chi connectivity index (χ0) is 21.4. The average Bonchev–Trinajstić information content (AvgIpc) is 2.70. The zero-order valence-corrected chi connectivity index (χ0v) is 16.4. The molecular formula is C21H27NO7. The van der Waals surface area contributed by atoms with Crippen molar-refractivity contribution in [2.75, 3.05) is 13.7 Å². The normalized spacial score (nSPS) is 23.5. The first-order chi connectivity index (χ1) is 13.8. The maximum absolute atomic E-state index is 9.94. The number of ether oxygens (including phenoxy) is 3. The lowest BCUT2D eigenvalue weighted by molar-refractivity contribution is -0.229. The van der Waals surface area contributed by atoms with Crippen molar-refractivity contribution in [1.82, 2.24) is 0 Å². The van der Waals surface area contributed by atoms with E-state index in [-0.39, 0.29) is 12.3 Å². The molecule has 8 heteroatoms. The third-order valence-electron chi connectivity index (χ3n) is 4.24. The SMILES string of the molecule is CC(N)=O.COc1cccc(-c2ccccc2OC2CC(O)C(O)C(CO)O2)c1. The number of rotatable bonds is 5. The van der Waals surface area contributed by atoms with Crippen molar-refractivity contribution in [2.24, 2.45) is 5.73 Å². The van der Waals surface area contributed by atoms with E-state index in [0.717, 1.165) is 16.9 Å². The first-order valence-corrected chi connectivity index (χ1v) is 9.14. The van der Waals surface area contributed by atoms with Crippen molar-refractivity contribution in [2.45, 2.75) is 37.9 Å². The van der Waals surface area contributed by atoms with Gasteiger partial charge in [-0.25, -0.2) is 0 Å². The van der Waals surface area contributed by atoms with E-state index in [4.69, 9.17) is 14.2 Å². The molecule has 0 aromatic heterocycles. The minimum atomic E-state index is -1.13. The predicted octanol–water partition coefficient (Wildman–Crippen LogP) is 1.06. The van der Waals surface area contributed by atoms with E-state index in [0.29, 0.717) is 5.75 Å². The highest BCUT2D eigenvalue weighted by Crippen LogP contribution is 2.34. The highest BCUT2D eigenvalue weighted by molar-refractivity contribution is 5.71. The number of para-hydroxylation sites is 1. The second-order valence-electron chi connectivity index (χ2n) is 6.54. The van der Waals surface area contributed by atoms with Gasteiger partial charge in [0.05, 0.1) is 19.8 Å². The number of hydrogen-bond acceptors (Lipinski definition) is 7. The van der Waals surface area contributed by atoms with Crippen molar-refractivity contribution < 1.29 is 34.3 Å². The number of aliphatic hydroxyl groups excluding tert-OH is 3. The minimum absolute atomic E-state index is 0.115. The van der Waals surface area contributed by atoms with Crippen molar-refractivity contribution in [1.29, 1.82) is 0 Å². The van der Waals surface area contributed by atoms with Gasteiger partial charge >= 0.3 is 0 Å². The van der Waals surface area contributed by atoms with Gasteiger partial charge in [-0.1, -0.05) is 30.3 Å². The Bertz CT molecular complexity index is 794. The molecule has 1 amide bonds. The second kappa shape index (κ2) is 10.8. The Kier molecular flexibility index (Phi) is 8.41. The van der Waals surface area contributed by atoms with Crippen LogP contribution < -0.4 is 15.2 Å². The molecular weight excluding hydrogens is 378 g/mol. The van der Waals surface area contributed by atoms with Crippen LogP contribution in [0.15, 0.2) is 48.5 Å². The van der Waals surface area contributed by atoms with Crippen molar-refractivity contribution in [3.8, 4) is 22.6 Å². The first kappa shape index (κ1) is 22.6. The lowest BCUT2D eigenvalue weighted by Crippen LogP contribution is -2.51. The molecule has 0 bridgehead atoms. The Labute approximate surface area is 169 Å². The van der Waals surface area contributed by atoms with E-state index >= 15 is 0 Å². The number of nitrogens with two attached hydrogens (primary N) is 1. The Hall–Kier alpha value is -2.65. The molecule has 8 nitrogen and oxygen atoms in total. The van der Waals surface area contributed by atoms with E-state index in [1.807, 2.05) is 48.5 Å². The number of amides is 1. The molecule has 1 saturated heterocycles. The Morgan fingerprint density at radius 2 is 1.90 bits per heavy atom. The van der Waals surface area contributed by atoms with Gasteiger partial charge < -0.3 is 35.3 Å². The molecule has 29 heavy (non-hydrogen) atoms. The highest BCUT2D eigenvalue weighted by Gasteiger charge is 2.37. The molecule has 2 aromatic carbocycles. The maximum Gasteiger partial charge on any atom is 0.214 e. The third kappa shape index (κ3) is 6.43. The van der Waals surface area contributed by atoms with Gasteiger partial charge in [0.2, 0.25) is 12.2 Å². The number of primary amides is 1. The van der Waals surface area contributed by atoms with Gasteiger partial charge in [0.1, 0.15) is 23.7 Å². The monoisotopic (exact) mass is 405 g/mol. The Morgan fingerprint density at radius 1 is 1.21 bits per heavy atom. The topological polar surface area (TPSA) is 131 Å². The molecule has 4 unspecified atom stereocenters. The fraction of sp³-hybridized carbons (Fsp3) is 0.381. The van der Waals surface area contributed by atoms with E-state index in [1.165, 1.54) is 6.92 Å². The molecule has 5 N–H and O–H groups in total. The summed E-state index contributed by atoms with van der Waals surface area (Å²) in [5, 5.41) is 29.0. The third-order valence-corrected chi connectivity index (χ3v) is 4.24. The minimum Gasteiger partial charge on any atom is -0.497 e. The van der Waals surface area contributed by atoms with Gasteiger partial charge in [-0.2, -0.15) is 0 Å². The van der Waals surface area contributed by atoms with Gasteiger partial charge in [-0.05, 0) is 23.8 Å². The van der Waals surface area contributed by atoms with Gasteiger partial charge in [-0.3, -0.25) is 4.79 Å². The average molecular weight is 405 g/mol. The van der Waals surface area contributed by atoms with Crippen molar-refractivity contribution in [3.05, 3.63) is 48.5 Å². The number of aliphatic hydroxyl groups is 3. The number of carbonyl (C=O) groups is 1. The number of benzene rings is 2. The van der Waals surface area contributed by atoms with E-state index in [2.05, 4.69) is 5.73 Å². The molecule has 1 fully saturated rings. The van der Waals surface area contributed by atoms with Crippen LogP contribution in [-0.4, -0.2) is 59.5 Å². The highest BCUT2D eigenvalue weighted by atomic mass is 16.7. The van der Waals surface area contributed by atoms with Crippen LogP contribution in [0.25, 0.3) is 11.1 Å². The standard InChI is InChI=1S/C19H22O6.C2H5NO/c1-23-13-6-4-5-12(9-13)14-7-2-3-8-16(14)24-18-10-15(21)19(22)17(11-20)25-18;1-2(3)4/h2-9,15,17-22H,10-11H2,1H3;1H3,(H2,3,4). The molecule has 2 aromatic rings. The largest absolute Gasteiger partial charge is 0.497 e. The van der Waals surface area contributed by atoms with Crippen LogP contribution >= 0.6 is 0 Å². The fourth-order valence-corrected chi connectivity index (χ4v) is 2.88. The summed E-state index contributed by atoms with van der Waals surface area (Å²) in [5.41, 5.74) is 6.25. The maximum atomic E-state index is 9.94. The molecule has 0 aliphatic carbocycles. The van der Waals surface area contributed by atoms with Crippen LogP contribution in [0.4, 0.5) is 0 Å². The molecule has 3 rings (SSSR count). The zero-order valence-electron chi connectivity index (χ0n) is 16.4. The van der Waals surface area contributed by atoms with Crippen LogP contribution in [0, 0.1) is 0 Å². The smallest absolute Gasteiger partial charge is 0.214 e. The van der Waals surface area contributed by atoms with Crippen LogP contribution in [-0.2, 0) is 9.53 Å². The van der Waals surface area contributed by atoms with Crippen molar-refractivity contribution >= 4 is 5.91 Å². The molecule has 0 radical (unpaired) electrons. The molecule has 158 valence electrons. The number of methoxy groups -OCH3 is 1. The number of hydrogen-bond donors (Lipinski definition) is 4. The van der Waals surface area contributed by atoms with Gasteiger partial charge in [0, 0.05) is 18.9 Å². The van der Waals surface area contributed by atoms with Crippen LogP contribution in [0.5, 0.6) is 11.5 Å². The molecule has 1 aliphatic heterocycles. The second-order valence-corrected chi connectivity index (χ2v) is 6.54. The predicted molar refractivity (Wildman–Crippen MR) is 106 cm³/mol. The van der Waals surface area contributed by atoms with Crippen LogP contribution in [0.3, 0.4) is 0 Å². The summed E-state index contributed by atoms with van der Waals surface area (Å²) in [7, 11) is 1.61. The fourth-order valence-electron chi connectivity index (χ4n) is 2.88. The summed E-state index contributed by atoms with van der Waals surface area (Å²) in [6.07, 6.45) is -3.66. The molecule has 0 saturated carbocycles. The quantitative estimate of drug-likeness (QED) is 0.585. The van der Waals surface area contributed by atoms with Crippen LogP contribution in [0.1, 0.15) is 13.3 Å². The molecule has 1 heterocycles. The van der Waals surface area contributed by atoms with E-state index in [9.17, 15) is 20.1 Å². The number of carbonyl (C=O) groups excluding carboxylic acids is 1. The van der Waals surface area contributed by atoms with E-state index < -0.39 is 31.2 Å². The summed E-state index contributed by atoms with van der Waals surface area (Å²) in [4.78, 5) is 9.22. The molecule has 0 spiro atoms. The Balaban J connectivity index is 0.000000687. The molecule has 4 atom stereocenters. The summed E-state index contributed by atoms with van der Waals surface area (Å²) in [6.45, 7) is 0.912. The van der Waals surface area contributed by atoms with Gasteiger partial charge in [-0.15, -0.1) is 0 Å². The Morgan fingerprint density at radius 3 is 2.55 bits per heavy atom. The summed E-state index contributed by atoms with van der Waals surface area (Å²) >= 11 is 0. The lowest BCUT2D eigenvalue weighted by atomic mass is 10.0. The first-order valence-electron chi connectivity index (χ1n) is 9.14. The summed E-state index contributed by atoms with van der Waals surface area (Å²) in [6, 6.07) is 15.1. The van der Waals surface area contributed by atoms with Crippen LogP contribution in [0.2, 0.25) is 0 Å². The summed E-state index contributed by atoms with van der Waals surface area (Å²) in [5.74, 6) is 0.987. The molecule has 1 aliphatic rings. The van der Waals surface area contributed by atoms with Crippen molar-refractivity contribution in [3.63, 3.8) is 0 Å². The van der Waals surface area contributed by atoms with Gasteiger partial charge in [0.25, 0.3) is 0 Å².